The van der Waals surface area contributed by atoms with E-state index in [4.69, 9.17) is 21.9 Å². The Morgan fingerprint density at radius 1 is 0.533 bits per heavy atom. The Hall–Kier alpha value is -13.5. The number of aromatic nitrogens is 2. The lowest BCUT2D eigenvalue weighted by Gasteiger charge is -2.36. The number of nitrogens with two attached hydrogens (primary N) is 3. The smallest absolute Gasteiger partial charge is 0.304 e. The Balaban J connectivity index is 1.11. The van der Waals surface area contributed by atoms with E-state index in [0.717, 1.165) is 36.3 Å². The van der Waals surface area contributed by atoms with Crippen LogP contribution in [0.1, 0.15) is 166 Å². The summed E-state index contributed by atoms with van der Waals surface area (Å²) < 4.78 is 5.35. The third kappa shape index (κ3) is 30.0. The number of ether oxygens (including phenoxy) is 1. The molecule has 0 radical (unpaired) electrons. The number of para-hydroxylation sites is 2. The van der Waals surface area contributed by atoms with Crippen molar-refractivity contribution in [1.29, 1.82) is 0 Å². The number of aromatic amines is 2. The maximum atomic E-state index is 15.8. The van der Waals surface area contributed by atoms with Crippen molar-refractivity contribution in [2.24, 2.45) is 28.1 Å². The minimum atomic E-state index is -1.85. The predicted molar refractivity (Wildman–Crippen MR) is 502 cm³/mol. The first-order valence-corrected chi connectivity index (χ1v) is 47.3. The van der Waals surface area contributed by atoms with Crippen molar-refractivity contribution >= 4 is 152 Å². The summed E-state index contributed by atoms with van der Waals surface area (Å²) in [6, 6.07) is -0.225. The molecule has 15 atom stereocenters. The summed E-state index contributed by atoms with van der Waals surface area (Å²) in [4.78, 5) is 292. The number of thioether (sulfide) groups is 1. The van der Waals surface area contributed by atoms with Gasteiger partial charge in [-0.3, -0.25) is 96.1 Å². The molecule has 0 saturated carbocycles. The molecule has 15 amide bonds. The standard InChI is InChI=1S/C94H127N19O23S/c1-8-10-23-72-87(128)102-64(22-16-35-95)85(126)108-71(76(115)31-32-78(96)117)50-137-51-80(119)101-68(38-53-26-28-59(136-7)29-27-53)90(131)109(4)52(3)83(124)106-70(45-79(97)118)93(134)112-37-17-25-73(112)88(129)105-67(39-54-34-36-98-46-54)86(127)103-65(30-33-81(120)121)92(133)113-49-58(114)44-75(113)89(130)104-66(40-56-47-99-62-20-14-12-18-60(56)62)77(116)42-55(43-82(122)123)84(125)107-69(41-57-48-100-63-21-15-13-19-61(57)63)91(132)111(6)74(24-11-9-2)94(135)110(72)5/h12-15,18-21,26-29,36,46-48,52,55,58,64-75,99-100,114H,8-11,16-17,22-25,30-35,37-45,49-51,95H2,1-7H3,(H2,96,117)(H2,97,118)(H,101,119)(H,102,128)(H,103,127)(H,104,130)(H,105,129)(H,106,124)(H,107,125)(H,108,126)(H,120,121)(H,122,123)/t52-,55-,58+,64-,65-,66-,67-,68-,69-,70-,71-,72-,73-,74-,75-/m0/s1. The van der Waals surface area contributed by atoms with E-state index < -0.39 is 266 Å². The molecule has 0 aliphatic carbocycles. The number of benzene rings is 3. The average Bonchev–Trinajstić information content (AvgIpc) is 1.77. The van der Waals surface area contributed by atoms with Crippen LogP contribution in [0.5, 0.6) is 5.75 Å². The highest BCUT2D eigenvalue weighted by atomic mass is 32.2. The van der Waals surface area contributed by atoms with Crippen LogP contribution in [0.3, 0.4) is 0 Å². The molecule has 43 heteroatoms. The van der Waals surface area contributed by atoms with Crippen molar-refractivity contribution in [3.63, 3.8) is 0 Å². The zero-order chi connectivity index (χ0) is 100. The number of primary amides is 2. The highest BCUT2D eigenvalue weighted by Gasteiger charge is 2.47. The van der Waals surface area contributed by atoms with Crippen molar-refractivity contribution in [1.82, 2.24) is 77.0 Å². The number of hydrogen-bond acceptors (Lipinski definition) is 24. The Morgan fingerprint density at radius 3 is 1.71 bits per heavy atom. The Morgan fingerprint density at radius 2 is 1.10 bits per heavy atom. The fourth-order valence-corrected chi connectivity index (χ4v) is 18.2. The number of fused-ring (bicyclic) bond motifs is 4. The summed E-state index contributed by atoms with van der Waals surface area (Å²) in [5.74, 6) is -21.4. The largest absolute Gasteiger partial charge is 0.497 e. The summed E-state index contributed by atoms with van der Waals surface area (Å²) >= 11 is 0.820. The number of carboxylic acids is 2. The number of aliphatic imine (C=N–C) groups is 1. The molecule has 0 unspecified atom stereocenters. The number of methoxy groups -OCH3 is 1. The number of nitrogens with zero attached hydrogens (tertiary/aromatic N) is 6. The number of aliphatic carboxylic acids is 2. The van der Waals surface area contributed by atoms with Crippen molar-refractivity contribution in [2.45, 2.75) is 253 Å². The SMILES string of the molecule is CCCC[C@H]1C(=O)N(C)[C@@H](CCCC)C(=O)N[C@@H](CCCN)C(=O)N[C@H](C(=O)CCC(N)=O)CSCC(=O)N[C@@H](Cc2ccc(OC)cc2)C(=O)N(C)[C@@H](C)C(=O)N[C@@H](CC(N)=O)C(=O)N2CCC[C@H]2C(=O)N[C@@H](CC2=CN=CC2)C(=O)N[C@@H](CCC(=O)O)C(=O)N2C[C@H](O)C[C@H]2C(=O)N[C@@H](Cc2c[nH]c3ccccc23)C(=O)C[C@@H](CC(=O)O)C(=O)N[C@@H](Cc2c[nH]c3ccccc23)C(=O)N1C. The molecule has 42 nitrogen and oxygen atoms in total. The molecule has 0 bridgehead atoms. The van der Waals surface area contributed by atoms with Gasteiger partial charge < -0.3 is 114 Å². The number of hydrogen-bond donors (Lipinski definition) is 16. The van der Waals surface area contributed by atoms with Crippen molar-refractivity contribution < 1.29 is 111 Å². The third-order valence-electron chi connectivity index (χ3n) is 25.1. The summed E-state index contributed by atoms with van der Waals surface area (Å²) in [6.07, 6.45) is -0.530. The number of unbranched alkanes of at least 4 members (excludes halogenated alkanes) is 2. The molecule has 3 fully saturated rings. The van der Waals surface area contributed by atoms with Crippen molar-refractivity contribution in [2.75, 3.05) is 59.4 Å². The molecule has 4 aliphatic heterocycles. The average molecular weight is 1920 g/mol. The van der Waals surface area contributed by atoms with Gasteiger partial charge in [0.15, 0.2) is 11.6 Å². The number of amides is 15. The van der Waals surface area contributed by atoms with Crippen LogP contribution >= 0.6 is 11.8 Å². The molecule has 6 heterocycles. The van der Waals surface area contributed by atoms with Gasteiger partial charge in [0.05, 0.1) is 49.8 Å². The van der Waals surface area contributed by atoms with Crippen molar-refractivity contribution in [3.05, 3.63) is 114 Å². The highest BCUT2D eigenvalue weighted by Crippen LogP contribution is 2.30. The lowest BCUT2D eigenvalue weighted by atomic mass is 9.91. The fourth-order valence-electron chi connectivity index (χ4n) is 17.3. The number of carboxylic acid groups (broad SMARTS) is 2. The van der Waals surface area contributed by atoms with Gasteiger partial charge in [-0.05, 0) is 111 Å². The topological polar surface area (TPSA) is 629 Å². The molecule has 2 aromatic heterocycles. The number of aliphatic hydroxyl groups excluding tert-OH is 1. The maximum Gasteiger partial charge on any atom is 0.304 e. The first-order valence-electron chi connectivity index (χ1n) is 46.1. The third-order valence-corrected chi connectivity index (χ3v) is 26.2. The summed E-state index contributed by atoms with van der Waals surface area (Å²) in [5.41, 5.74) is 20.3. The number of aliphatic hydroxyl groups is 1. The van der Waals surface area contributed by atoms with E-state index in [-0.39, 0.29) is 89.5 Å². The van der Waals surface area contributed by atoms with Gasteiger partial charge in [0.25, 0.3) is 0 Å². The van der Waals surface area contributed by atoms with Gasteiger partial charge >= 0.3 is 11.9 Å². The second-order valence-electron chi connectivity index (χ2n) is 35.1. The van der Waals surface area contributed by atoms with E-state index in [1.165, 1.54) is 47.6 Å². The van der Waals surface area contributed by atoms with Crippen LogP contribution < -0.4 is 64.5 Å². The highest BCUT2D eigenvalue weighted by molar-refractivity contribution is 8.00. The Bertz CT molecular complexity index is 5290. The van der Waals surface area contributed by atoms with Gasteiger partial charge in [-0.15, -0.1) is 11.8 Å². The Labute approximate surface area is 796 Å². The maximum absolute atomic E-state index is 15.8. The van der Waals surface area contributed by atoms with Crippen LogP contribution in [0.15, 0.2) is 102 Å². The van der Waals surface area contributed by atoms with E-state index >= 15 is 38.4 Å². The minimum Gasteiger partial charge on any atom is -0.497 e. The fraction of sp³-hybridized carbons (Fsp3) is 0.532. The zero-order valence-electron chi connectivity index (χ0n) is 78.0. The van der Waals surface area contributed by atoms with Crippen LogP contribution in [-0.2, 0) is 110 Å². The number of H-pyrrole nitrogens is 2. The lowest BCUT2D eigenvalue weighted by molar-refractivity contribution is -0.150. The zero-order valence-corrected chi connectivity index (χ0v) is 78.8. The van der Waals surface area contributed by atoms with Gasteiger partial charge in [-0.2, -0.15) is 0 Å². The molecule has 3 aromatic carbocycles. The van der Waals surface area contributed by atoms with Gasteiger partial charge in [0.2, 0.25) is 88.6 Å². The molecule has 3 saturated heterocycles. The quantitative estimate of drug-likeness (QED) is 0.0305. The number of Topliss-reactive ketones (excluding diaryl/α,β-unsaturated/α-hetero) is 2. The normalized spacial score (nSPS) is 25.0. The van der Waals surface area contributed by atoms with E-state index in [1.54, 1.807) is 85.2 Å². The van der Waals surface area contributed by atoms with Crippen molar-refractivity contribution in [3.8, 4) is 5.75 Å². The number of nitrogens with one attached hydrogen (secondary N) is 10. The first-order chi connectivity index (χ1) is 65.3. The monoisotopic (exact) mass is 1920 g/mol. The number of carbonyl (C=O) groups is 19. The summed E-state index contributed by atoms with van der Waals surface area (Å²) in [7, 11) is 5.33. The lowest BCUT2D eigenvalue weighted by Crippen LogP contribution is -2.60. The van der Waals surface area contributed by atoms with Crippen LogP contribution in [0.25, 0.3) is 21.8 Å². The molecular formula is C94H127N19O23S. The molecule has 0 spiro atoms. The number of ketones is 2. The molecule has 9 rings (SSSR count). The van der Waals surface area contributed by atoms with Crippen LogP contribution in [0, 0.1) is 5.92 Å². The predicted octanol–water partition coefficient (Wildman–Crippen LogP) is 0.257. The van der Waals surface area contributed by atoms with Gasteiger partial charge in [0, 0.05) is 144 Å². The van der Waals surface area contributed by atoms with E-state index in [9.17, 15) is 68.1 Å². The number of carbonyl (C=O) groups excluding carboxylic acids is 17. The number of rotatable bonds is 29. The van der Waals surface area contributed by atoms with E-state index in [2.05, 4.69) is 57.5 Å². The Kier molecular flexibility index (Phi) is 40.3. The van der Waals surface area contributed by atoms with Gasteiger partial charge in [-0.1, -0.05) is 88.1 Å². The minimum absolute atomic E-state index is 0.000205. The summed E-state index contributed by atoms with van der Waals surface area (Å²) in [6.45, 7) is 4.18. The van der Waals surface area contributed by atoms with E-state index in [0.29, 0.717) is 75.5 Å². The molecule has 742 valence electrons. The molecule has 137 heavy (non-hydrogen) atoms. The van der Waals surface area contributed by atoms with Gasteiger partial charge in [-0.25, -0.2) is 0 Å². The van der Waals surface area contributed by atoms with Crippen LogP contribution in [-0.4, -0.2) is 312 Å². The molecule has 19 N–H and O–H groups in total. The second-order valence-corrected chi connectivity index (χ2v) is 36.2. The second kappa shape index (κ2) is 51.5. The molecule has 4 aliphatic rings. The number of likely N-dealkylation sites (N-methyl/N-ethyl adjacent to an activating group) is 3. The molecular weight excluding hydrogens is 1800 g/mol. The van der Waals surface area contributed by atoms with E-state index in [1.807, 2.05) is 13.8 Å². The van der Waals surface area contributed by atoms with Crippen LogP contribution in [0.4, 0.5) is 0 Å². The summed E-state index contributed by atoms with van der Waals surface area (Å²) in [5, 5.41) is 54.8. The van der Waals surface area contributed by atoms with Crippen LogP contribution in [0.2, 0.25) is 0 Å². The first kappa shape index (κ1) is 107. The van der Waals surface area contributed by atoms with Gasteiger partial charge in [0.1, 0.15) is 72.2 Å². The molecule has 5 aromatic rings.